The van der Waals surface area contributed by atoms with Crippen LogP contribution in [0.2, 0.25) is 0 Å². The van der Waals surface area contributed by atoms with Gasteiger partial charge in [0.15, 0.2) is 0 Å². The molecule has 8 nitrogen and oxygen atoms in total. The van der Waals surface area contributed by atoms with Crippen molar-refractivity contribution in [1.29, 1.82) is 0 Å². The van der Waals surface area contributed by atoms with E-state index < -0.39 is 6.04 Å². The number of carbonyl (C=O) groups excluding carboxylic acids is 2. The molecular weight excluding hydrogens is 408 g/mol. The largest absolute Gasteiger partial charge is 0.370 e. The van der Waals surface area contributed by atoms with Crippen LogP contribution >= 0.6 is 12.4 Å². The summed E-state index contributed by atoms with van der Waals surface area (Å²) in [5.41, 5.74) is 0.439. The van der Waals surface area contributed by atoms with Gasteiger partial charge in [-0.25, -0.2) is 0 Å². The van der Waals surface area contributed by atoms with E-state index in [1.165, 1.54) is 6.07 Å². The van der Waals surface area contributed by atoms with Gasteiger partial charge in [0, 0.05) is 56.7 Å². The molecule has 5 rings (SSSR count). The molecule has 0 radical (unpaired) electrons. The molecule has 2 bridgehead atoms. The molecular formula is C21H29ClN4O4. The van der Waals surface area contributed by atoms with Crippen molar-refractivity contribution in [3.63, 3.8) is 0 Å². The van der Waals surface area contributed by atoms with Crippen molar-refractivity contribution in [3.8, 4) is 0 Å². The molecule has 164 valence electrons. The van der Waals surface area contributed by atoms with Gasteiger partial charge < -0.3 is 19.9 Å². The quantitative estimate of drug-likeness (QED) is 0.687. The number of ether oxygens (including phenoxy) is 1. The lowest BCUT2D eigenvalue weighted by molar-refractivity contribution is -0.155. The van der Waals surface area contributed by atoms with Crippen molar-refractivity contribution in [2.24, 2.45) is 5.92 Å². The summed E-state index contributed by atoms with van der Waals surface area (Å²) >= 11 is 0. The molecule has 1 spiro atoms. The molecule has 0 aliphatic carbocycles. The third kappa shape index (κ3) is 3.44. The molecule has 9 heteroatoms. The zero-order valence-corrected chi connectivity index (χ0v) is 18.0. The number of nitrogens with one attached hydrogen (secondary N) is 1. The van der Waals surface area contributed by atoms with Crippen LogP contribution in [0.5, 0.6) is 0 Å². The monoisotopic (exact) mass is 436 g/mol. The van der Waals surface area contributed by atoms with Gasteiger partial charge in [0.25, 0.3) is 5.56 Å². The molecule has 4 aliphatic heterocycles. The van der Waals surface area contributed by atoms with Crippen LogP contribution in [-0.4, -0.2) is 77.7 Å². The van der Waals surface area contributed by atoms with Crippen molar-refractivity contribution in [2.75, 3.05) is 45.9 Å². The Hall–Kier alpha value is -1.90. The second kappa shape index (κ2) is 7.98. The van der Waals surface area contributed by atoms with Crippen molar-refractivity contribution in [2.45, 2.75) is 37.3 Å². The third-order valence-electron chi connectivity index (χ3n) is 7.11. The van der Waals surface area contributed by atoms with E-state index in [-0.39, 0.29) is 47.2 Å². The fraction of sp³-hybridized carbons (Fsp3) is 0.667. The lowest BCUT2D eigenvalue weighted by Gasteiger charge is -2.48. The summed E-state index contributed by atoms with van der Waals surface area (Å²) < 4.78 is 7.76. The number of amides is 2. The van der Waals surface area contributed by atoms with E-state index >= 15 is 0 Å². The lowest BCUT2D eigenvalue weighted by Crippen LogP contribution is -2.59. The second-order valence-electron chi connectivity index (χ2n) is 8.94. The first-order valence-corrected chi connectivity index (χ1v) is 10.6. The fourth-order valence-corrected chi connectivity index (χ4v) is 5.71. The van der Waals surface area contributed by atoms with Gasteiger partial charge in [0.2, 0.25) is 11.8 Å². The van der Waals surface area contributed by atoms with Crippen LogP contribution in [0, 0.1) is 5.92 Å². The number of hydrogen-bond donors (Lipinski definition) is 1. The summed E-state index contributed by atoms with van der Waals surface area (Å²) in [6.07, 6.45) is 1.72. The van der Waals surface area contributed by atoms with Gasteiger partial charge >= 0.3 is 0 Å². The smallest absolute Gasteiger partial charge is 0.251 e. The van der Waals surface area contributed by atoms with Crippen LogP contribution in [0.25, 0.3) is 0 Å². The van der Waals surface area contributed by atoms with Gasteiger partial charge in [-0.2, -0.15) is 0 Å². The second-order valence-corrected chi connectivity index (χ2v) is 8.94. The van der Waals surface area contributed by atoms with Crippen LogP contribution in [0.1, 0.15) is 37.4 Å². The Kier molecular flexibility index (Phi) is 5.67. The number of fused-ring (bicyclic) bond motifs is 4. The first kappa shape index (κ1) is 21.3. The minimum absolute atomic E-state index is 0. The Morgan fingerprint density at radius 3 is 2.80 bits per heavy atom. The highest BCUT2D eigenvalue weighted by atomic mass is 35.5. The highest BCUT2D eigenvalue weighted by Gasteiger charge is 2.48. The summed E-state index contributed by atoms with van der Waals surface area (Å²) in [5, 5.41) is 3.34. The summed E-state index contributed by atoms with van der Waals surface area (Å²) in [4.78, 5) is 42.4. The van der Waals surface area contributed by atoms with Gasteiger partial charge in [0.05, 0.1) is 18.8 Å². The molecule has 3 fully saturated rings. The van der Waals surface area contributed by atoms with E-state index in [2.05, 4.69) is 5.32 Å². The van der Waals surface area contributed by atoms with Crippen LogP contribution < -0.4 is 10.9 Å². The van der Waals surface area contributed by atoms with E-state index in [1.807, 2.05) is 15.9 Å². The van der Waals surface area contributed by atoms with Crippen molar-refractivity contribution >= 4 is 24.2 Å². The Balaban J connectivity index is 0.00000218. The predicted molar refractivity (Wildman–Crippen MR) is 113 cm³/mol. The highest BCUT2D eigenvalue weighted by Crippen LogP contribution is 2.42. The summed E-state index contributed by atoms with van der Waals surface area (Å²) in [6.45, 7) is 5.98. The van der Waals surface area contributed by atoms with Gasteiger partial charge in [-0.15, -0.1) is 12.4 Å². The van der Waals surface area contributed by atoms with Gasteiger partial charge in [0.1, 0.15) is 6.04 Å². The van der Waals surface area contributed by atoms with Crippen LogP contribution in [-0.2, 0) is 14.3 Å². The molecule has 5 heterocycles. The number of nitrogens with zero attached hydrogens (tertiary/aromatic N) is 3. The predicted octanol–water partition coefficient (Wildman–Crippen LogP) is 0.368. The minimum Gasteiger partial charge on any atom is -0.370 e. The van der Waals surface area contributed by atoms with E-state index in [1.54, 1.807) is 17.6 Å². The van der Waals surface area contributed by atoms with Crippen LogP contribution in [0.3, 0.4) is 0 Å². The number of rotatable bonds is 1. The Bertz CT molecular complexity index is 897. The molecule has 4 atom stereocenters. The zero-order valence-electron chi connectivity index (χ0n) is 17.2. The molecule has 1 N–H and O–H groups in total. The number of halogens is 1. The van der Waals surface area contributed by atoms with E-state index in [0.29, 0.717) is 32.8 Å². The summed E-state index contributed by atoms with van der Waals surface area (Å²) in [6, 6.07) is 4.68. The summed E-state index contributed by atoms with van der Waals surface area (Å²) in [5.74, 6) is 0.0758. The fourth-order valence-electron chi connectivity index (χ4n) is 5.71. The standard InChI is InChI=1S/C21H28N4O4.ClH/c1-14(26)24-10-15-9-16(11-24)19(25-17(15)3-2-4-18(25)27)20(28)23-7-8-29-21(13-23)5-6-22-12-21;/h2-4,15-16,19,22H,5-13H2,1H3;1H/t15-,16+,19-,21?;/m1./s1. The normalized spacial score (nSPS) is 32.5. The van der Waals surface area contributed by atoms with Gasteiger partial charge in [-0.3, -0.25) is 19.0 Å². The van der Waals surface area contributed by atoms with Crippen molar-refractivity contribution < 1.29 is 14.3 Å². The molecule has 1 aromatic rings. The maximum atomic E-state index is 13.8. The molecule has 0 saturated carbocycles. The number of pyridine rings is 1. The average Bonchev–Trinajstić information content (AvgIpc) is 3.15. The lowest BCUT2D eigenvalue weighted by atomic mass is 9.77. The van der Waals surface area contributed by atoms with E-state index in [4.69, 9.17) is 4.74 Å². The van der Waals surface area contributed by atoms with E-state index in [9.17, 15) is 14.4 Å². The van der Waals surface area contributed by atoms with Gasteiger partial charge in [-0.05, 0) is 25.5 Å². The molecule has 4 aliphatic rings. The Morgan fingerprint density at radius 2 is 2.07 bits per heavy atom. The number of piperidine rings is 1. The number of hydrogen-bond acceptors (Lipinski definition) is 5. The number of carbonyl (C=O) groups is 2. The van der Waals surface area contributed by atoms with Gasteiger partial charge in [-0.1, -0.05) is 6.07 Å². The molecule has 1 aromatic heterocycles. The minimum atomic E-state index is -0.554. The van der Waals surface area contributed by atoms with Crippen LogP contribution in [0.15, 0.2) is 23.0 Å². The first-order valence-electron chi connectivity index (χ1n) is 10.6. The molecule has 1 unspecified atom stereocenters. The molecule has 30 heavy (non-hydrogen) atoms. The molecule has 2 amide bonds. The van der Waals surface area contributed by atoms with Crippen LogP contribution in [0.4, 0.5) is 0 Å². The SMILES string of the molecule is CC(=O)N1C[C@H]2C[C@@H](C1)[C@H](C(=O)N1CCOC3(CCNC3)C1)n1c2cccc1=O.Cl. The number of morpholine rings is 1. The molecule has 0 aromatic carbocycles. The summed E-state index contributed by atoms with van der Waals surface area (Å²) in [7, 11) is 0. The van der Waals surface area contributed by atoms with Crippen molar-refractivity contribution in [3.05, 3.63) is 34.2 Å². The average molecular weight is 437 g/mol. The number of aromatic nitrogens is 1. The topological polar surface area (TPSA) is 83.9 Å². The Labute approximate surface area is 181 Å². The highest BCUT2D eigenvalue weighted by molar-refractivity contribution is 5.85. The zero-order chi connectivity index (χ0) is 20.2. The van der Waals surface area contributed by atoms with Crippen molar-refractivity contribution in [1.82, 2.24) is 19.7 Å². The maximum absolute atomic E-state index is 13.8. The first-order chi connectivity index (χ1) is 14.0. The Morgan fingerprint density at radius 1 is 1.23 bits per heavy atom. The molecule has 3 saturated heterocycles. The maximum Gasteiger partial charge on any atom is 0.251 e. The van der Waals surface area contributed by atoms with E-state index in [0.717, 1.165) is 31.6 Å². The third-order valence-corrected chi connectivity index (χ3v) is 7.11. The number of likely N-dealkylation sites (tertiary alicyclic amines) is 1.